The Hall–Kier alpha value is -2.71. The molecule has 4 rings (SSSR count). The van der Waals surface area contributed by atoms with Crippen LogP contribution in [0.25, 0.3) is 27.4 Å². The number of carbonyl (C=O) groups is 1. The van der Waals surface area contributed by atoms with Gasteiger partial charge in [-0.1, -0.05) is 19.9 Å². The highest BCUT2D eigenvalue weighted by atomic mass is 32.1. The van der Waals surface area contributed by atoms with Crippen LogP contribution in [0.4, 0.5) is 13.2 Å². The zero-order valence-electron chi connectivity index (χ0n) is 16.9. The molecule has 0 bridgehead atoms. The Morgan fingerprint density at radius 1 is 1.26 bits per heavy atom. The van der Waals surface area contributed by atoms with Gasteiger partial charge in [0.1, 0.15) is 11.6 Å². The lowest BCUT2D eigenvalue weighted by Gasteiger charge is -2.23. The molecule has 0 radical (unpaired) electrons. The number of aliphatic hydroxyl groups is 1. The van der Waals surface area contributed by atoms with E-state index in [4.69, 9.17) is 4.74 Å². The molecule has 0 spiro atoms. The van der Waals surface area contributed by atoms with Crippen molar-refractivity contribution in [2.75, 3.05) is 0 Å². The molecule has 162 valence electrons. The molecule has 0 saturated carbocycles. The number of nitrogens with zero attached hydrogens (tertiary/aromatic N) is 1. The van der Waals surface area contributed by atoms with Crippen LogP contribution in [0.2, 0.25) is 0 Å². The number of cyclic esters (lactones) is 1. The number of benzene rings is 1. The van der Waals surface area contributed by atoms with Crippen molar-refractivity contribution < 1.29 is 27.8 Å². The van der Waals surface area contributed by atoms with Crippen molar-refractivity contribution in [1.29, 1.82) is 0 Å². The third-order valence-electron chi connectivity index (χ3n) is 5.24. The minimum Gasteiger partial charge on any atom is -0.458 e. The molecule has 4 nitrogen and oxygen atoms in total. The fourth-order valence-electron chi connectivity index (χ4n) is 3.58. The van der Waals surface area contributed by atoms with Crippen molar-refractivity contribution in [3.05, 3.63) is 58.4 Å². The summed E-state index contributed by atoms with van der Waals surface area (Å²) in [5, 5.41) is 11.9. The molecule has 2 aromatic heterocycles. The van der Waals surface area contributed by atoms with E-state index in [1.54, 1.807) is 12.2 Å². The Kier molecular flexibility index (Phi) is 5.85. The van der Waals surface area contributed by atoms with Gasteiger partial charge in [-0.25, -0.2) is 13.2 Å². The highest BCUT2D eigenvalue weighted by molar-refractivity contribution is 7.13. The lowest BCUT2D eigenvalue weighted by atomic mass is 9.98. The van der Waals surface area contributed by atoms with Gasteiger partial charge in [-0.3, -0.25) is 9.78 Å². The van der Waals surface area contributed by atoms with E-state index in [-0.39, 0.29) is 29.7 Å². The predicted octanol–water partition coefficient (Wildman–Crippen LogP) is 5.58. The molecule has 0 amide bonds. The summed E-state index contributed by atoms with van der Waals surface area (Å²) < 4.78 is 47.5. The maximum Gasteiger partial charge on any atom is 0.309 e. The number of thiophene rings is 1. The molecule has 1 aliphatic heterocycles. The molecule has 1 N–H and O–H groups in total. The van der Waals surface area contributed by atoms with Gasteiger partial charge in [0, 0.05) is 34.0 Å². The summed E-state index contributed by atoms with van der Waals surface area (Å²) in [6, 6.07) is 2.89. The van der Waals surface area contributed by atoms with Crippen molar-refractivity contribution in [3.8, 4) is 10.4 Å². The zero-order chi connectivity index (χ0) is 22.3. The Labute approximate surface area is 181 Å². The van der Waals surface area contributed by atoms with E-state index in [1.807, 2.05) is 25.3 Å². The highest BCUT2D eigenvalue weighted by Gasteiger charge is 2.26. The second-order valence-corrected chi connectivity index (χ2v) is 8.76. The van der Waals surface area contributed by atoms with Crippen LogP contribution in [0.15, 0.2) is 29.8 Å². The summed E-state index contributed by atoms with van der Waals surface area (Å²) in [5.74, 6) is -4.43. The van der Waals surface area contributed by atoms with Crippen molar-refractivity contribution in [3.63, 3.8) is 0 Å². The van der Waals surface area contributed by atoms with E-state index in [9.17, 15) is 23.1 Å². The number of ether oxygens (including phenoxy) is 1. The monoisotopic (exact) mass is 447 g/mol. The van der Waals surface area contributed by atoms with Crippen molar-refractivity contribution in [1.82, 2.24) is 4.98 Å². The summed E-state index contributed by atoms with van der Waals surface area (Å²) in [7, 11) is 0. The molecule has 31 heavy (non-hydrogen) atoms. The number of hydrogen-bond acceptors (Lipinski definition) is 5. The Morgan fingerprint density at radius 3 is 2.71 bits per heavy atom. The van der Waals surface area contributed by atoms with E-state index in [0.29, 0.717) is 11.1 Å². The molecule has 3 heterocycles. The molecule has 1 aliphatic rings. The van der Waals surface area contributed by atoms with E-state index < -0.39 is 35.6 Å². The number of aromatic nitrogens is 1. The summed E-state index contributed by atoms with van der Waals surface area (Å²) in [6.07, 6.45) is 3.42. The maximum absolute atomic E-state index is 14.4. The van der Waals surface area contributed by atoms with Crippen LogP contribution in [0.3, 0.4) is 0 Å². The smallest absolute Gasteiger partial charge is 0.309 e. The molecule has 3 aromatic rings. The van der Waals surface area contributed by atoms with Crippen LogP contribution in [0.1, 0.15) is 43.7 Å². The van der Waals surface area contributed by atoms with Gasteiger partial charge in [0.25, 0.3) is 0 Å². The highest BCUT2D eigenvalue weighted by Crippen LogP contribution is 2.39. The second kappa shape index (κ2) is 8.43. The van der Waals surface area contributed by atoms with Gasteiger partial charge in [0.05, 0.1) is 12.5 Å². The summed E-state index contributed by atoms with van der Waals surface area (Å²) in [5.41, 5.74) is 1.85. The molecule has 2 atom stereocenters. The van der Waals surface area contributed by atoms with Crippen molar-refractivity contribution >= 4 is 34.3 Å². The molecule has 1 aromatic carbocycles. The Morgan fingerprint density at radius 2 is 2.03 bits per heavy atom. The Balaban J connectivity index is 1.87. The van der Waals surface area contributed by atoms with Crippen molar-refractivity contribution in [2.45, 2.75) is 44.8 Å². The molecule has 8 heteroatoms. The van der Waals surface area contributed by atoms with Crippen molar-refractivity contribution in [2.24, 2.45) is 0 Å². The first-order chi connectivity index (χ1) is 14.7. The first kappa shape index (κ1) is 21.5. The van der Waals surface area contributed by atoms with Crippen LogP contribution < -0.4 is 0 Å². The van der Waals surface area contributed by atoms with Gasteiger partial charge in [-0.15, -0.1) is 11.3 Å². The number of carbonyl (C=O) groups excluding carboxylic acids is 1. The normalized spacial score (nSPS) is 19.5. The lowest BCUT2D eigenvalue weighted by molar-refractivity contribution is -0.156. The topological polar surface area (TPSA) is 59.4 Å². The van der Waals surface area contributed by atoms with Gasteiger partial charge in [0.2, 0.25) is 0 Å². The molecule has 0 unspecified atom stereocenters. The van der Waals surface area contributed by atoms with E-state index in [1.165, 1.54) is 17.5 Å². The van der Waals surface area contributed by atoms with Crippen LogP contribution in [0.5, 0.6) is 0 Å². The number of aliphatic hydroxyl groups excluding tert-OH is 1. The molecular formula is C23H20F3NO3S. The number of pyridine rings is 1. The number of halogens is 3. The van der Waals surface area contributed by atoms with Crippen LogP contribution >= 0.6 is 11.3 Å². The fraction of sp³-hybridized carbons (Fsp3) is 0.304. The van der Waals surface area contributed by atoms with Crippen LogP contribution in [-0.2, 0) is 9.53 Å². The molecule has 1 fully saturated rings. The maximum atomic E-state index is 14.4. The fourth-order valence-corrected chi connectivity index (χ4v) is 4.73. The SMILES string of the molecule is CC(C)c1csc(-c2c(C=C[C@@H]3C[C@@H](O)CC(=O)O3)cnc3c(F)c(F)c(F)cc23)c1. The number of fused-ring (bicyclic) bond motifs is 1. The first-order valence-corrected chi connectivity index (χ1v) is 10.7. The van der Waals surface area contributed by atoms with Gasteiger partial charge in [0.15, 0.2) is 17.5 Å². The number of esters is 1. The minimum atomic E-state index is -1.56. The standard InChI is InChI=1S/C23H20F3NO3S/c1-11(2)13-5-18(31-10-13)20-12(3-4-15-6-14(28)7-19(29)30-15)9-27-23-16(20)8-17(24)21(25)22(23)26/h3-5,8-11,14-15,28H,6-7H2,1-2H3/t14-,15-/m1/s1. The van der Waals surface area contributed by atoms with Gasteiger partial charge >= 0.3 is 5.97 Å². The number of hydrogen-bond donors (Lipinski definition) is 1. The van der Waals surface area contributed by atoms with E-state index in [0.717, 1.165) is 16.5 Å². The Bertz CT molecular complexity index is 1190. The summed E-state index contributed by atoms with van der Waals surface area (Å²) >= 11 is 1.41. The number of rotatable bonds is 4. The van der Waals surface area contributed by atoms with E-state index >= 15 is 0 Å². The van der Waals surface area contributed by atoms with Crippen LogP contribution in [-0.4, -0.2) is 28.3 Å². The third kappa shape index (κ3) is 4.22. The van der Waals surface area contributed by atoms with Gasteiger partial charge in [-0.05, 0) is 35.1 Å². The molecule has 0 aliphatic carbocycles. The van der Waals surface area contributed by atoms with Gasteiger partial charge in [-0.2, -0.15) is 0 Å². The summed E-state index contributed by atoms with van der Waals surface area (Å²) in [4.78, 5) is 16.4. The lowest BCUT2D eigenvalue weighted by Crippen LogP contribution is -2.31. The third-order valence-corrected chi connectivity index (χ3v) is 6.21. The predicted molar refractivity (Wildman–Crippen MR) is 113 cm³/mol. The minimum absolute atomic E-state index is 0.0512. The quantitative estimate of drug-likeness (QED) is 0.419. The average Bonchev–Trinajstić information content (AvgIpc) is 3.19. The average molecular weight is 447 g/mol. The molecular weight excluding hydrogens is 427 g/mol. The summed E-state index contributed by atoms with van der Waals surface area (Å²) in [6.45, 7) is 4.07. The zero-order valence-corrected chi connectivity index (χ0v) is 17.7. The van der Waals surface area contributed by atoms with Crippen LogP contribution in [0, 0.1) is 17.5 Å². The second-order valence-electron chi connectivity index (χ2n) is 7.85. The van der Waals surface area contributed by atoms with E-state index in [2.05, 4.69) is 4.98 Å². The first-order valence-electron chi connectivity index (χ1n) is 9.85. The largest absolute Gasteiger partial charge is 0.458 e. The molecule has 1 saturated heterocycles. The van der Waals surface area contributed by atoms with Gasteiger partial charge < -0.3 is 9.84 Å².